The molecule has 0 saturated heterocycles. The Bertz CT molecular complexity index is 288. The second-order valence-electron chi connectivity index (χ2n) is 5.08. The van der Waals surface area contributed by atoms with Gasteiger partial charge in [-0.25, -0.2) is 4.79 Å². The van der Waals surface area contributed by atoms with E-state index in [0.29, 0.717) is 12.8 Å². The van der Waals surface area contributed by atoms with Crippen LogP contribution in [-0.4, -0.2) is 35.2 Å². The summed E-state index contributed by atoms with van der Waals surface area (Å²) in [5.41, 5.74) is -1.79. The van der Waals surface area contributed by atoms with Gasteiger partial charge >= 0.3 is 5.97 Å². The van der Waals surface area contributed by atoms with Crippen LogP contribution in [0.1, 0.15) is 47.0 Å². The number of rotatable bonds is 7. The molecule has 1 amide bonds. The van der Waals surface area contributed by atoms with Gasteiger partial charge in [0.05, 0.1) is 12.0 Å². The maximum absolute atomic E-state index is 11.8. The van der Waals surface area contributed by atoms with E-state index in [1.165, 1.54) is 14.0 Å². The molecule has 1 atom stereocenters. The molecular weight excluding hydrogens is 222 g/mol. The zero-order valence-electron chi connectivity index (χ0n) is 11.3. The highest BCUT2D eigenvalue weighted by atomic mass is 16.5. The molecule has 0 aromatic heterocycles. The molecule has 0 aliphatic heterocycles. The number of amides is 1. The molecule has 0 bridgehead atoms. The lowest BCUT2D eigenvalue weighted by Gasteiger charge is -2.28. The van der Waals surface area contributed by atoms with E-state index in [1.807, 2.05) is 6.92 Å². The van der Waals surface area contributed by atoms with Crippen LogP contribution in [-0.2, 0) is 14.3 Å². The maximum atomic E-state index is 11.8. The molecule has 0 aromatic rings. The monoisotopic (exact) mass is 245 g/mol. The van der Waals surface area contributed by atoms with Crippen LogP contribution in [0.25, 0.3) is 0 Å². The third kappa shape index (κ3) is 5.17. The molecule has 5 nitrogen and oxygen atoms in total. The molecule has 0 fully saturated rings. The summed E-state index contributed by atoms with van der Waals surface area (Å²) >= 11 is 0. The highest BCUT2D eigenvalue weighted by Gasteiger charge is 2.35. The van der Waals surface area contributed by atoms with Crippen molar-refractivity contribution in [3.63, 3.8) is 0 Å². The molecule has 0 aromatic carbocycles. The Labute approximate surface area is 103 Å². The Morgan fingerprint density at radius 2 is 1.82 bits per heavy atom. The SMILES string of the molecule is CCCC(C)(NC(=O)CC(C)(C)OC)C(=O)O. The minimum atomic E-state index is -1.20. The Kier molecular flexibility index (Phi) is 5.61. The van der Waals surface area contributed by atoms with Gasteiger partial charge in [0.1, 0.15) is 5.54 Å². The number of nitrogens with one attached hydrogen (secondary N) is 1. The Balaban J connectivity index is 4.58. The molecule has 0 heterocycles. The smallest absolute Gasteiger partial charge is 0.329 e. The summed E-state index contributed by atoms with van der Waals surface area (Å²) in [4.78, 5) is 22.9. The third-order valence-electron chi connectivity index (χ3n) is 2.78. The van der Waals surface area contributed by atoms with E-state index in [1.54, 1.807) is 13.8 Å². The van der Waals surface area contributed by atoms with Crippen LogP contribution >= 0.6 is 0 Å². The summed E-state index contributed by atoms with van der Waals surface area (Å²) in [5, 5.41) is 11.7. The zero-order chi connectivity index (χ0) is 13.7. The number of carboxylic acids is 1. The number of methoxy groups -OCH3 is 1. The van der Waals surface area contributed by atoms with E-state index in [4.69, 9.17) is 9.84 Å². The fourth-order valence-corrected chi connectivity index (χ4v) is 1.53. The van der Waals surface area contributed by atoms with Crippen molar-refractivity contribution in [3.05, 3.63) is 0 Å². The Morgan fingerprint density at radius 1 is 1.29 bits per heavy atom. The van der Waals surface area contributed by atoms with Crippen LogP contribution in [0.15, 0.2) is 0 Å². The molecule has 100 valence electrons. The maximum Gasteiger partial charge on any atom is 0.329 e. The summed E-state index contributed by atoms with van der Waals surface area (Å²) in [6, 6.07) is 0. The summed E-state index contributed by atoms with van der Waals surface area (Å²) in [6.45, 7) is 6.97. The molecule has 0 aliphatic rings. The number of carbonyl (C=O) groups is 2. The highest BCUT2D eigenvalue weighted by Crippen LogP contribution is 2.16. The van der Waals surface area contributed by atoms with Gasteiger partial charge in [-0.1, -0.05) is 13.3 Å². The molecule has 0 radical (unpaired) electrons. The van der Waals surface area contributed by atoms with Gasteiger partial charge in [0.25, 0.3) is 0 Å². The lowest BCUT2D eigenvalue weighted by Crippen LogP contribution is -2.53. The van der Waals surface area contributed by atoms with Crippen LogP contribution in [0.3, 0.4) is 0 Å². The lowest BCUT2D eigenvalue weighted by molar-refractivity contribution is -0.148. The summed E-state index contributed by atoms with van der Waals surface area (Å²) < 4.78 is 5.14. The van der Waals surface area contributed by atoms with E-state index in [-0.39, 0.29) is 12.3 Å². The van der Waals surface area contributed by atoms with Gasteiger partial charge in [-0.3, -0.25) is 4.79 Å². The second kappa shape index (κ2) is 6.00. The van der Waals surface area contributed by atoms with Gasteiger partial charge in [0.2, 0.25) is 5.91 Å². The van der Waals surface area contributed by atoms with Crippen molar-refractivity contribution in [2.45, 2.75) is 58.1 Å². The topological polar surface area (TPSA) is 75.6 Å². The van der Waals surface area contributed by atoms with Crippen LogP contribution < -0.4 is 5.32 Å². The number of carbonyl (C=O) groups excluding carboxylic acids is 1. The lowest BCUT2D eigenvalue weighted by atomic mass is 9.95. The number of hydrogen-bond acceptors (Lipinski definition) is 3. The molecule has 17 heavy (non-hydrogen) atoms. The van der Waals surface area contributed by atoms with E-state index >= 15 is 0 Å². The highest BCUT2D eigenvalue weighted by molar-refractivity contribution is 5.87. The van der Waals surface area contributed by atoms with Crippen molar-refractivity contribution in [3.8, 4) is 0 Å². The van der Waals surface area contributed by atoms with Crippen LogP contribution in [0.4, 0.5) is 0 Å². The Hall–Kier alpha value is -1.10. The first-order valence-corrected chi connectivity index (χ1v) is 5.76. The van der Waals surface area contributed by atoms with Gasteiger partial charge in [0.15, 0.2) is 0 Å². The van der Waals surface area contributed by atoms with Gasteiger partial charge in [-0.15, -0.1) is 0 Å². The summed E-state index contributed by atoms with van der Waals surface area (Å²) in [6.07, 6.45) is 1.23. The average Bonchev–Trinajstić information content (AvgIpc) is 2.16. The molecule has 0 rings (SSSR count). The van der Waals surface area contributed by atoms with Crippen molar-refractivity contribution in [2.75, 3.05) is 7.11 Å². The van der Waals surface area contributed by atoms with Gasteiger partial charge in [-0.2, -0.15) is 0 Å². The number of hydrogen-bond donors (Lipinski definition) is 2. The Morgan fingerprint density at radius 3 is 2.18 bits per heavy atom. The van der Waals surface area contributed by atoms with Crippen LogP contribution in [0.5, 0.6) is 0 Å². The standard InChI is InChI=1S/C12H23NO4/c1-6-7-12(4,10(15)16)13-9(14)8-11(2,3)17-5/h6-8H2,1-5H3,(H,13,14)(H,15,16). The molecular formula is C12H23NO4. The largest absolute Gasteiger partial charge is 0.480 e. The first-order chi connectivity index (χ1) is 7.67. The summed E-state index contributed by atoms with van der Waals surface area (Å²) in [7, 11) is 1.52. The molecule has 0 saturated carbocycles. The van der Waals surface area contributed by atoms with Crippen LogP contribution in [0, 0.1) is 0 Å². The van der Waals surface area contributed by atoms with Crippen molar-refractivity contribution in [1.29, 1.82) is 0 Å². The number of ether oxygens (including phenoxy) is 1. The summed E-state index contributed by atoms with van der Waals surface area (Å²) in [5.74, 6) is -1.32. The third-order valence-corrected chi connectivity index (χ3v) is 2.78. The van der Waals surface area contributed by atoms with Gasteiger partial charge < -0.3 is 15.2 Å². The van der Waals surface area contributed by atoms with Crippen molar-refractivity contribution in [2.24, 2.45) is 0 Å². The molecule has 0 spiro atoms. The van der Waals surface area contributed by atoms with Crippen molar-refractivity contribution >= 4 is 11.9 Å². The minimum Gasteiger partial charge on any atom is -0.480 e. The predicted octanol–water partition coefficient (Wildman–Crippen LogP) is 1.56. The second-order valence-corrected chi connectivity index (χ2v) is 5.08. The predicted molar refractivity (Wildman–Crippen MR) is 64.8 cm³/mol. The fourth-order valence-electron chi connectivity index (χ4n) is 1.53. The molecule has 5 heteroatoms. The van der Waals surface area contributed by atoms with E-state index in [2.05, 4.69) is 5.32 Å². The van der Waals surface area contributed by atoms with Crippen molar-refractivity contribution < 1.29 is 19.4 Å². The number of aliphatic carboxylic acids is 1. The van der Waals surface area contributed by atoms with E-state index in [0.717, 1.165) is 0 Å². The normalized spacial score (nSPS) is 15.1. The quantitative estimate of drug-likeness (QED) is 0.713. The average molecular weight is 245 g/mol. The number of carboxylic acid groups (broad SMARTS) is 1. The molecule has 1 unspecified atom stereocenters. The first kappa shape index (κ1) is 15.9. The molecule has 0 aliphatic carbocycles. The minimum absolute atomic E-state index is 0.135. The fraction of sp³-hybridized carbons (Fsp3) is 0.833. The van der Waals surface area contributed by atoms with E-state index < -0.39 is 17.1 Å². The van der Waals surface area contributed by atoms with Gasteiger partial charge in [0, 0.05) is 7.11 Å². The van der Waals surface area contributed by atoms with Crippen molar-refractivity contribution in [1.82, 2.24) is 5.32 Å². The molecule has 2 N–H and O–H groups in total. The van der Waals surface area contributed by atoms with Crippen LogP contribution in [0.2, 0.25) is 0 Å². The van der Waals surface area contributed by atoms with E-state index in [9.17, 15) is 9.59 Å². The van der Waals surface area contributed by atoms with Gasteiger partial charge in [-0.05, 0) is 27.2 Å². The zero-order valence-corrected chi connectivity index (χ0v) is 11.3. The first-order valence-electron chi connectivity index (χ1n) is 5.76.